The zero-order valence-corrected chi connectivity index (χ0v) is 15.7. The Bertz CT molecular complexity index is 888. The molecular formula is C18H23BN3O7-. The van der Waals surface area contributed by atoms with Crippen molar-refractivity contribution in [3.63, 3.8) is 0 Å². The summed E-state index contributed by atoms with van der Waals surface area (Å²) in [6.45, 7) is -1.18. The molecule has 156 valence electrons. The number of likely N-dealkylation sites (tertiary alicyclic amines) is 1. The third-order valence-corrected chi connectivity index (χ3v) is 6.59. The second-order valence-corrected chi connectivity index (χ2v) is 8.49. The number of benzene rings is 1. The number of nitrogens with two attached hydrogens (primary N) is 1. The molecule has 3 aliphatic heterocycles. The van der Waals surface area contributed by atoms with Crippen LogP contribution in [0.1, 0.15) is 34.7 Å². The summed E-state index contributed by atoms with van der Waals surface area (Å²) in [6.07, 6.45) is 1.02. The lowest BCUT2D eigenvalue weighted by Gasteiger charge is -2.43. The number of carboxylic acids is 1. The zero-order valence-electron chi connectivity index (χ0n) is 15.7. The lowest BCUT2D eigenvalue weighted by molar-refractivity contribution is -0.119. The monoisotopic (exact) mass is 404 g/mol. The van der Waals surface area contributed by atoms with Crippen LogP contribution in [0.3, 0.4) is 0 Å². The average Bonchev–Trinajstić information content (AvgIpc) is 3.28. The van der Waals surface area contributed by atoms with Gasteiger partial charge in [-0.25, -0.2) is 4.79 Å². The van der Waals surface area contributed by atoms with Crippen molar-refractivity contribution in [2.45, 2.75) is 42.8 Å². The molecule has 0 unspecified atom stereocenters. The average molecular weight is 404 g/mol. The minimum atomic E-state index is -3.06. The molecular weight excluding hydrogens is 381 g/mol. The second-order valence-electron chi connectivity index (χ2n) is 8.49. The summed E-state index contributed by atoms with van der Waals surface area (Å²) in [7, 11) is 0. The van der Waals surface area contributed by atoms with Crippen molar-refractivity contribution in [3.8, 4) is 11.5 Å². The summed E-state index contributed by atoms with van der Waals surface area (Å²) in [5.74, 6) is -1.90. The van der Waals surface area contributed by atoms with Gasteiger partial charge in [0.1, 0.15) is 17.4 Å². The topological polar surface area (TPSA) is 155 Å². The first-order chi connectivity index (χ1) is 13.7. The number of nitrogens with zero attached hydrogens (tertiary/aromatic N) is 1. The van der Waals surface area contributed by atoms with Crippen LogP contribution in [0, 0.1) is 0 Å². The number of hydrogen-bond acceptors (Lipinski definition) is 8. The molecule has 4 aliphatic rings. The number of rotatable bonds is 5. The van der Waals surface area contributed by atoms with Crippen LogP contribution in [-0.2, 0) is 4.79 Å². The minimum absolute atomic E-state index is 0.000720. The van der Waals surface area contributed by atoms with Gasteiger partial charge in [0.2, 0.25) is 5.91 Å². The number of amides is 1. The van der Waals surface area contributed by atoms with E-state index in [0.29, 0.717) is 38.0 Å². The van der Waals surface area contributed by atoms with Crippen molar-refractivity contribution in [2.24, 2.45) is 5.73 Å². The quantitative estimate of drug-likeness (QED) is 0.382. The molecule has 1 aromatic rings. The maximum absolute atomic E-state index is 11.9. The number of hydrogen-bond donors (Lipinski definition) is 5. The van der Waals surface area contributed by atoms with Gasteiger partial charge in [-0.05, 0) is 24.0 Å². The van der Waals surface area contributed by atoms with Gasteiger partial charge in [-0.1, -0.05) is 18.3 Å². The largest absolute Gasteiger partial charge is 0.669 e. The molecule has 1 aromatic carbocycles. The number of fused-ring (bicyclic) bond motifs is 3. The van der Waals surface area contributed by atoms with Gasteiger partial charge in [0.15, 0.2) is 0 Å². The van der Waals surface area contributed by atoms with E-state index in [0.717, 1.165) is 0 Å². The summed E-state index contributed by atoms with van der Waals surface area (Å²) in [6, 6.07) is 3.25. The molecule has 1 aliphatic carbocycles. The summed E-state index contributed by atoms with van der Waals surface area (Å²) < 4.78 is 11.2. The first-order valence-electron chi connectivity index (χ1n) is 9.86. The van der Waals surface area contributed by atoms with Crippen LogP contribution in [0.5, 0.6) is 11.5 Å². The van der Waals surface area contributed by atoms with Crippen molar-refractivity contribution < 1.29 is 34.1 Å². The van der Waals surface area contributed by atoms with E-state index in [1.165, 1.54) is 0 Å². The normalized spacial score (nSPS) is 32.5. The van der Waals surface area contributed by atoms with Gasteiger partial charge in [0.05, 0.1) is 11.8 Å². The predicted molar refractivity (Wildman–Crippen MR) is 101 cm³/mol. The molecule has 0 aromatic heterocycles. The van der Waals surface area contributed by atoms with E-state index < -0.39 is 12.7 Å². The highest BCUT2D eigenvalue weighted by Gasteiger charge is 2.55. The Labute approximate surface area is 166 Å². The molecule has 5 rings (SSSR count). The number of carbonyl (C=O) groups excluding carboxylic acids is 1. The van der Waals surface area contributed by atoms with Crippen LogP contribution in [-0.4, -0.2) is 76.5 Å². The Hall–Kier alpha value is -2.34. The Morgan fingerprint density at radius 2 is 2.03 bits per heavy atom. The van der Waals surface area contributed by atoms with E-state index in [4.69, 9.17) is 15.1 Å². The third kappa shape index (κ3) is 3.05. The SMILES string of the molecule is NC(=O)[C@@H]1C[C@@H](N2CC(Oc3ccc4c(c3C(=O)O)O[B-](O)(O)[C@@H]3C[C@H]43)C2)CN1. The highest BCUT2D eigenvalue weighted by atomic mass is 16.6. The number of nitrogens with one attached hydrogen (secondary N) is 1. The van der Waals surface area contributed by atoms with Crippen LogP contribution in [0.25, 0.3) is 0 Å². The predicted octanol–water partition coefficient (Wildman–Crippen LogP) is -1.16. The van der Waals surface area contributed by atoms with E-state index in [1.807, 2.05) is 0 Å². The van der Waals surface area contributed by atoms with Gasteiger partial charge < -0.3 is 35.6 Å². The van der Waals surface area contributed by atoms with Crippen molar-refractivity contribution in [1.29, 1.82) is 0 Å². The fourth-order valence-corrected chi connectivity index (χ4v) is 4.85. The van der Waals surface area contributed by atoms with Crippen LogP contribution in [0.2, 0.25) is 5.82 Å². The number of ether oxygens (including phenoxy) is 1. The molecule has 2 saturated heterocycles. The number of carboxylic acid groups (broad SMARTS) is 1. The van der Waals surface area contributed by atoms with Gasteiger partial charge in [-0.3, -0.25) is 9.69 Å². The van der Waals surface area contributed by atoms with Crippen molar-refractivity contribution in [2.75, 3.05) is 19.6 Å². The molecule has 1 saturated carbocycles. The maximum Gasteiger partial charge on any atom is 0.434 e. The standard InChI is InChI=1S/C18H23BN3O7/c20-17(23)13-3-8(5-21-13)22-6-9(7-22)28-14-2-1-10-11-4-12(11)19(26,27)29-16(10)15(14)18(24)25/h1-2,8-9,11-13,21,26-27H,3-7H2,(H2,20,23)(H,24,25)/q-1/t8-,11-,12-,13+/m1/s1. The highest BCUT2D eigenvalue weighted by molar-refractivity contribution is 6.62. The second kappa shape index (κ2) is 6.33. The Morgan fingerprint density at radius 3 is 2.69 bits per heavy atom. The summed E-state index contributed by atoms with van der Waals surface area (Å²) in [5.41, 5.74) is 5.85. The van der Waals surface area contributed by atoms with E-state index in [1.54, 1.807) is 12.1 Å². The fraction of sp³-hybridized carbons (Fsp3) is 0.556. The minimum Gasteiger partial charge on any atom is -0.669 e. The van der Waals surface area contributed by atoms with Gasteiger partial charge in [0.25, 0.3) is 0 Å². The lowest BCUT2D eigenvalue weighted by Crippen LogP contribution is -2.58. The summed E-state index contributed by atoms with van der Waals surface area (Å²) in [5, 5.41) is 33.0. The first kappa shape index (κ1) is 18.7. The number of aromatic carboxylic acids is 1. The smallest absolute Gasteiger partial charge is 0.434 e. The summed E-state index contributed by atoms with van der Waals surface area (Å²) in [4.78, 5) is 25.4. The first-order valence-corrected chi connectivity index (χ1v) is 9.86. The Balaban J connectivity index is 1.30. The van der Waals surface area contributed by atoms with Crippen molar-refractivity contribution in [1.82, 2.24) is 10.2 Å². The van der Waals surface area contributed by atoms with E-state index >= 15 is 0 Å². The molecule has 10 nitrogen and oxygen atoms in total. The van der Waals surface area contributed by atoms with Gasteiger partial charge >= 0.3 is 12.7 Å². The number of carbonyl (C=O) groups is 2. The molecule has 11 heteroatoms. The van der Waals surface area contributed by atoms with E-state index in [-0.39, 0.29) is 52.9 Å². The zero-order chi connectivity index (χ0) is 20.5. The van der Waals surface area contributed by atoms with E-state index in [9.17, 15) is 24.7 Å². The van der Waals surface area contributed by atoms with Crippen molar-refractivity contribution >= 4 is 18.6 Å². The van der Waals surface area contributed by atoms with Gasteiger partial charge in [-0.15, -0.1) is 0 Å². The Kier molecular flexibility index (Phi) is 4.08. The van der Waals surface area contributed by atoms with Crippen LogP contribution in [0.4, 0.5) is 0 Å². The lowest BCUT2D eigenvalue weighted by atomic mass is 9.68. The molecule has 4 atom stereocenters. The molecule has 3 fully saturated rings. The molecule has 6 N–H and O–H groups in total. The summed E-state index contributed by atoms with van der Waals surface area (Å²) >= 11 is 0. The van der Waals surface area contributed by atoms with Crippen molar-refractivity contribution in [3.05, 3.63) is 23.3 Å². The molecule has 1 amide bonds. The van der Waals surface area contributed by atoms with E-state index in [2.05, 4.69) is 10.2 Å². The third-order valence-electron chi connectivity index (χ3n) is 6.59. The van der Waals surface area contributed by atoms with Crippen LogP contribution >= 0.6 is 0 Å². The maximum atomic E-state index is 11.9. The Morgan fingerprint density at radius 1 is 1.28 bits per heavy atom. The van der Waals surface area contributed by atoms with Gasteiger partial charge in [0, 0.05) is 25.7 Å². The van der Waals surface area contributed by atoms with Gasteiger partial charge in [-0.2, -0.15) is 0 Å². The molecule has 0 bridgehead atoms. The van der Waals surface area contributed by atoms with Crippen LogP contribution < -0.4 is 20.4 Å². The fourth-order valence-electron chi connectivity index (χ4n) is 4.85. The molecule has 29 heavy (non-hydrogen) atoms. The van der Waals surface area contributed by atoms with Crippen LogP contribution in [0.15, 0.2) is 12.1 Å². The number of primary amides is 1. The molecule has 3 heterocycles. The highest BCUT2D eigenvalue weighted by Crippen LogP contribution is 2.63. The molecule has 0 radical (unpaired) electrons. The molecule has 0 spiro atoms.